The van der Waals surface area contributed by atoms with Gasteiger partial charge in [0, 0.05) is 26.7 Å². The molecule has 0 aliphatic heterocycles. The number of aromatic nitrogens is 2. The number of benzene rings is 1. The second kappa shape index (κ2) is 8.96. The molecule has 1 heterocycles. The Morgan fingerprint density at radius 2 is 2.04 bits per heavy atom. The normalized spacial score (nSPS) is 12.6. The number of hydrogen-bond donors (Lipinski definition) is 0. The van der Waals surface area contributed by atoms with E-state index >= 15 is 0 Å². The van der Waals surface area contributed by atoms with Crippen molar-refractivity contribution in [3.05, 3.63) is 48.3 Å². The van der Waals surface area contributed by atoms with Crippen LogP contribution in [0.4, 0.5) is 0 Å². The van der Waals surface area contributed by atoms with Crippen molar-refractivity contribution in [1.29, 1.82) is 0 Å². The van der Waals surface area contributed by atoms with E-state index in [0.717, 1.165) is 16.2 Å². The molecule has 0 saturated heterocycles. The van der Waals surface area contributed by atoms with Gasteiger partial charge in [0.15, 0.2) is 0 Å². The molecule has 2 aromatic rings. The Kier molecular flexibility index (Phi) is 6.92. The van der Waals surface area contributed by atoms with Gasteiger partial charge < -0.3 is 9.30 Å². The van der Waals surface area contributed by atoms with E-state index in [4.69, 9.17) is 4.74 Å². The predicted molar refractivity (Wildman–Crippen MR) is 105 cm³/mol. The van der Waals surface area contributed by atoms with Gasteiger partial charge in [0.1, 0.15) is 12.4 Å². The number of ether oxygens (including phenoxy) is 1. The summed E-state index contributed by atoms with van der Waals surface area (Å²) in [7, 11) is -0.565. The molecule has 146 valence electrons. The Morgan fingerprint density at radius 3 is 2.67 bits per heavy atom. The Hall–Kier alpha value is -2.45. The quantitative estimate of drug-likeness (QED) is 0.393. The lowest BCUT2D eigenvalue weighted by molar-refractivity contribution is -0.139. The number of fused-ring (bicyclic) bond motifs is 1. The van der Waals surface area contributed by atoms with Crippen LogP contribution >= 0.6 is 0 Å². The molecule has 0 bridgehead atoms. The van der Waals surface area contributed by atoms with E-state index in [1.54, 1.807) is 30.4 Å². The van der Waals surface area contributed by atoms with E-state index in [0.29, 0.717) is 17.9 Å². The summed E-state index contributed by atoms with van der Waals surface area (Å²) in [5.41, 5.74) is 1.37. The number of aryl methyl sites for hydroxylation is 1. The van der Waals surface area contributed by atoms with Crippen molar-refractivity contribution in [2.24, 2.45) is 0 Å². The molecule has 2 rings (SSSR count). The fourth-order valence-corrected chi connectivity index (χ4v) is 3.47. The minimum Gasteiger partial charge on any atom is -0.454 e. The minimum absolute atomic E-state index is 0.0173. The van der Waals surface area contributed by atoms with E-state index in [1.165, 1.54) is 20.2 Å². The third kappa shape index (κ3) is 4.84. The number of sulfonamides is 1. The molecule has 0 aliphatic carbocycles. The zero-order valence-electron chi connectivity index (χ0n) is 16.0. The van der Waals surface area contributed by atoms with Crippen molar-refractivity contribution in [3.63, 3.8) is 0 Å². The van der Waals surface area contributed by atoms with Crippen molar-refractivity contribution in [3.8, 4) is 0 Å². The summed E-state index contributed by atoms with van der Waals surface area (Å²) in [6.07, 6.45) is 7.36. The SMILES string of the molecule is C/C=C/C=C/C(=O)OCc1nc2cc(S(=O)(=O)N(C)C)ccc2n1CCC. The number of carbonyl (C=O) groups is 1. The Bertz CT molecular complexity index is 972. The molecule has 8 heteroatoms. The van der Waals surface area contributed by atoms with Gasteiger partial charge in [-0.15, -0.1) is 0 Å². The Labute approximate surface area is 160 Å². The molecular weight excluding hydrogens is 366 g/mol. The van der Waals surface area contributed by atoms with Gasteiger partial charge in [-0.05, 0) is 31.5 Å². The van der Waals surface area contributed by atoms with Crippen LogP contribution < -0.4 is 0 Å². The number of rotatable bonds is 8. The molecule has 0 aliphatic rings. The molecule has 0 fully saturated rings. The number of nitrogens with zero attached hydrogens (tertiary/aromatic N) is 3. The van der Waals surface area contributed by atoms with Crippen LogP contribution in [0.25, 0.3) is 11.0 Å². The van der Waals surface area contributed by atoms with E-state index in [9.17, 15) is 13.2 Å². The van der Waals surface area contributed by atoms with Crippen molar-refractivity contribution < 1.29 is 17.9 Å². The zero-order valence-corrected chi connectivity index (χ0v) is 16.9. The minimum atomic E-state index is -3.54. The van der Waals surface area contributed by atoms with Gasteiger partial charge in [-0.1, -0.05) is 25.2 Å². The van der Waals surface area contributed by atoms with Crippen LogP contribution in [0.3, 0.4) is 0 Å². The van der Waals surface area contributed by atoms with Gasteiger partial charge in [-0.25, -0.2) is 22.5 Å². The number of carbonyl (C=O) groups excluding carboxylic acids is 1. The molecule has 0 N–H and O–H groups in total. The Balaban J connectivity index is 2.35. The molecule has 0 saturated carbocycles. The first kappa shape index (κ1) is 20.9. The van der Waals surface area contributed by atoms with Crippen LogP contribution in [0.2, 0.25) is 0 Å². The van der Waals surface area contributed by atoms with Gasteiger partial charge in [0.25, 0.3) is 0 Å². The van der Waals surface area contributed by atoms with Crippen LogP contribution in [0, 0.1) is 0 Å². The lowest BCUT2D eigenvalue weighted by Crippen LogP contribution is -2.22. The van der Waals surface area contributed by atoms with Crippen molar-refractivity contribution in [1.82, 2.24) is 13.9 Å². The zero-order chi connectivity index (χ0) is 20.0. The van der Waals surface area contributed by atoms with Gasteiger partial charge >= 0.3 is 5.97 Å². The summed E-state index contributed by atoms with van der Waals surface area (Å²) >= 11 is 0. The lowest BCUT2D eigenvalue weighted by atomic mass is 10.3. The first-order valence-electron chi connectivity index (χ1n) is 8.69. The van der Waals surface area contributed by atoms with Crippen LogP contribution in [0.15, 0.2) is 47.4 Å². The number of imidazole rings is 1. The first-order chi connectivity index (χ1) is 12.8. The molecule has 0 unspecified atom stereocenters. The molecule has 0 atom stereocenters. The van der Waals surface area contributed by atoms with Crippen molar-refractivity contribution in [2.75, 3.05) is 14.1 Å². The highest BCUT2D eigenvalue weighted by Gasteiger charge is 2.20. The van der Waals surface area contributed by atoms with Crippen molar-refractivity contribution in [2.45, 2.75) is 38.3 Å². The first-order valence-corrected chi connectivity index (χ1v) is 10.1. The molecule has 0 spiro atoms. The molecule has 27 heavy (non-hydrogen) atoms. The maximum Gasteiger partial charge on any atom is 0.331 e. The van der Waals surface area contributed by atoms with Crippen LogP contribution in [-0.2, 0) is 32.7 Å². The summed E-state index contributed by atoms with van der Waals surface area (Å²) < 4.78 is 33.1. The van der Waals surface area contributed by atoms with Crippen molar-refractivity contribution >= 4 is 27.0 Å². The molecule has 7 nitrogen and oxygen atoms in total. The predicted octanol–water partition coefficient (Wildman–Crippen LogP) is 2.87. The second-order valence-electron chi connectivity index (χ2n) is 6.11. The summed E-state index contributed by atoms with van der Waals surface area (Å²) in [4.78, 5) is 16.4. The van der Waals surface area contributed by atoms with Gasteiger partial charge in [-0.3, -0.25) is 0 Å². The summed E-state index contributed by atoms with van der Waals surface area (Å²) in [5, 5.41) is 0. The monoisotopic (exact) mass is 391 g/mol. The lowest BCUT2D eigenvalue weighted by Gasteiger charge is -2.11. The topological polar surface area (TPSA) is 81.5 Å². The van der Waals surface area contributed by atoms with Gasteiger partial charge in [-0.2, -0.15) is 0 Å². The molecular formula is C19H25N3O4S. The maximum absolute atomic E-state index is 12.3. The number of allylic oxidation sites excluding steroid dienone is 3. The average molecular weight is 391 g/mol. The number of esters is 1. The highest BCUT2D eigenvalue weighted by Crippen LogP contribution is 2.23. The third-order valence-electron chi connectivity index (χ3n) is 3.90. The fraction of sp³-hybridized carbons (Fsp3) is 0.368. The average Bonchev–Trinajstić information content (AvgIpc) is 2.97. The number of hydrogen-bond acceptors (Lipinski definition) is 5. The van der Waals surface area contributed by atoms with Crippen LogP contribution in [0.5, 0.6) is 0 Å². The molecule has 1 aromatic carbocycles. The van der Waals surface area contributed by atoms with Gasteiger partial charge in [0.05, 0.1) is 15.9 Å². The Morgan fingerprint density at radius 1 is 1.30 bits per heavy atom. The fourth-order valence-electron chi connectivity index (χ4n) is 2.54. The van der Waals surface area contributed by atoms with Crippen LogP contribution in [-0.4, -0.2) is 42.3 Å². The van der Waals surface area contributed by atoms with Gasteiger partial charge in [0.2, 0.25) is 10.0 Å². The highest BCUT2D eigenvalue weighted by atomic mass is 32.2. The van der Waals surface area contributed by atoms with E-state index in [2.05, 4.69) is 4.98 Å². The molecule has 0 amide bonds. The second-order valence-corrected chi connectivity index (χ2v) is 8.26. The standard InChI is InChI=1S/C19H25N3O4S/c1-5-7-8-9-19(23)26-14-18-20-16-13-15(27(24,25)21(3)4)10-11-17(16)22(18)12-6-2/h5,7-11,13H,6,12,14H2,1-4H3/b7-5+,9-8+. The van der Waals surface area contributed by atoms with E-state index < -0.39 is 16.0 Å². The summed E-state index contributed by atoms with van der Waals surface area (Å²) in [5.74, 6) is 0.123. The summed E-state index contributed by atoms with van der Waals surface area (Å²) in [6.45, 7) is 4.60. The van der Waals surface area contributed by atoms with E-state index in [1.807, 2.05) is 24.5 Å². The molecule has 1 aromatic heterocycles. The maximum atomic E-state index is 12.3. The van der Waals surface area contributed by atoms with E-state index in [-0.39, 0.29) is 11.5 Å². The largest absolute Gasteiger partial charge is 0.454 e. The molecule has 0 radical (unpaired) electrons. The smallest absolute Gasteiger partial charge is 0.331 e. The highest BCUT2D eigenvalue weighted by molar-refractivity contribution is 7.89. The summed E-state index contributed by atoms with van der Waals surface area (Å²) in [6, 6.07) is 4.86. The third-order valence-corrected chi connectivity index (χ3v) is 5.72. The van der Waals surface area contributed by atoms with Crippen LogP contribution in [0.1, 0.15) is 26.1 Å².